The van der Waals surface area contributed by atoms with E-state index in [2.05, 4.69) is 11.8 Å². The number of hydrogen-bond acceptors (Lipinski definition) is 2. The molecule has 2 N–H and O–H groups in total. The van der Waals surface area contributed by atoms with Gasteiger partial charge in [0.2, 0.25) is 0 Å². The standard InChI is InChI=1S/C10H19NS/c11-5-2-9-8-10(9)3-1-6-12-7-4-10/h9H,1-8,11H2. The first-order valence-corrected chi connectivity index (χ1v) is 6.31. The summed E-state index contributed by atoms with van der Waals surface area (Å²) in [5.41, 5.74) is 6.37. The second-order valence-electron chi connectivity index (χ2n) is 4.31. The van der Waals surface area contributed by atoms with Crippen LogP contribution in [0.2, 0.25) is 0 Å². The molecule has 0 radical (unpaired) electrons. The molecule has 1 heterocycles. The van der Waals surface area contributed by atoms with E-state index in [-0.39, 0.29) is 0 Å². The average Bonchev–Trinajstić information content (AvgIpc) is 2.79. The van der Waals surface area contributed by atoms with Gasteiger partial charge >= 0.3 is 0 Å². The molecule has 1 aliphatic heterocycles. The summed E-state index contributed by atoms with van der Waals surface area (Å²) in [5, 5.41) is 0. The summed E-state index contributed by atoms with van der Waals surface area (Å²) in [7, 11) is 0. The number of hydrogen-bond donors (Lipinski definition) is 1. The Balaban J connectivity index is 1.86. The summed E-state index contributed by atoms with van der Waals surface area (Å²) in [6.45, 7) is 0.902. The Kier molecular flexibility index (Phi) is 2.66. The van der Waals surface area contributed by atoms with Gasteiger partial charge < -0.3 is 5.73 Å². The quantitative estimate of drug-likeness (QED) is 0.714. The minimum atomic E-state index is 0.781. The van der Waals surface area contributed by atoms with E-state index in [1.165, 1.54) is 43.6 Å². The van der Waals surface area contributed by atoms with Crippen molar-refractivity contribution < 1.29 is 0 Å². The molecule has 12 heavy (non-hydrogen) atoms. The third kappa shape index (κ3) is 1.64. The maximum Gasteiger partial charge on any atom is -0.00621 e. The lowest BCUT2D eigenvalue weighted by Crippen LogP contribution is -2.07. The smallest absolute Gasteiger partial charge is 0.00621 e. The van der Waals surface area contributed by atoms with Gasteiger partial charge in [0.15, 0.2) is 0 Å². The molecule has 2 aliphatic rings. The Bertz CT molecular complexity index is 150. The van der Waals surface area contributed by atoms with Crippen LogP contribution in [0, 0.1) is 11.3 Å². The van der Waals surface area contributed by atoms with Crippen LogP contribution in [-0.4, -0.2) is 18.1 Å². The van der Waals surface area contributed by atoms with Gasteiger partial charge in [-0.15, -0.1) is 0 Å². The summed E-state index contributed by atoms with van der Waals surface area (Å²) >= 11 is 2.15. The highest BCUT2D eigenvalue weighted by molar-refractivity contribution is 7.99. The first kappa shape index (κ1) is 8.89. The SMILES string of the molecule is NCCC1CC12CCCSCC2. The lowest BCUT2D eigenvalue weighted by molar-refractivity contribution is 0.399. The Morgan fingerprint density at radius 1 is 1.33 bits per heavy atom. The van der Waals surface area contributed by atoms with Gasteiger partial charge in [0.05, 0.1) is 0 Å². The molecule has 2 atom stereocenters. The molecule has 2 unspecified atom stereocenters. The highest BCUT2D eigenvalue weighted by atomic mass is 32.2. The fourth-order valence-corrected chi connectivity index (χ4v) is 3.79. The molecule has 1 aliphatic carbocycles. The average molecular weight is 185 g/mol. The van der Waals surface area contributed by atoms with Crippen molar-refractivity contribution in [1.82, 2.24) is 0 Å². The van der Waals surface area contributed by atoms with Gasteiger partial charge in [0.1, 0.15) is 0 Å². The van der Waals surface area contributed by atoms with Crippen molar-refractivity contribution in [1.29, 1.82) is 0 Å². The number of rotatable bonds is 2. The molecule has 2 heteroatoms. The highest BCUT2D eigenvalue weighted by Crippen LogP contribution is 2.61. The van der Waals surface area contributed by atoms with E-state index < -0.39 is 0 Å². The predicted octanol–water partition coefficient (Wildman–Crippen LogP) is 2.26. The lowest BCUT2D eigenvalue weighted by Gasteiger charge is -2.12. The first-order chi connectivity index (χ1) is 5.87. The fourth-order valence-electron chi connectivity index (χ4n) is 2.68. The highest BCUT2D eigenvalue weighted by Gasteiger charge is 2.51. The van der Waals surface area contributed by atoms with Crippen molar-refractivity contribution in [2.45, 2.75) is 32.1 Å². The zero-order valence-corrected chi connectivity index (χ0v) is 8.54. The van der Waals surface area contributed by atoms with Gasteiger partial charge in [-0.3, -0.25) is 0 Å². The van der Waals surface area contributed by atoms with Crippen LogP contribution in [0.5, 0.6) is 0 Å². The van der Waals surface area contributed by atoms with E-state index in [1.807, 2.05) is 0 Å². The monoisotopic (exact) mass is 185 g/mol. The van der Waals surface area contributed by atoms with Crippen LogP contribution < -0.4 is 5.73 Å². The molecule has 1 saturated heterocycles. The van der Waals surface area contributed by atoms with Crippen LogP contribution in [-0.2, 0) is 0 Å². The van der Waals surface area contributed by atoms with Crippen molar-refractivity contribution in [3.8, 4) is 0 Å². The molecular weight excluding hydrogens is 166 g/mol. The van der Waals surface area contributed by atoms with Crippen LogP contribution in [0.3, 0.4) is 0 Å². The molecule has 0 aromatic heterocycles. The summed E-state index contributed by atoms with van der Waals surface area (Å²) in [6.07, 6.45) is 7.19. The van der Waals surface area contributed by atoms with Crippen molar-refractivity contribution in [2.24, 2.45) is 17.1 Å². The fraction of sp³-hybridized carbons (Fsp3) is 1.00. The van der Waals surface area contributed by atoms with E-state index in [1.54, 1.807) is 0 Å². The topological polar surface area (TPSA) is 26.0 Å². The van der Waals surface area contributed by atoms with Crippen molar-refractivity contribution in [2.75, 3.05) is 18.1 Å². The summed E-state index contributed by atoms with van der Waals surface area (Å²) in [5.74, 6) is 3.80. The maximum absolute atomic E-state index is 5.59. The molecule has 0 aromatic carbocycles. The Morgan fingerprint density at radius 3 is 3.08 bits per heavy atom. The Hall–Kier alpha value is 0.310. The van der Waals surface area contributed by atoms with Gasteiger partial charge in [0.25, 0.3) is 0 Å². The summed E-state index contributed by atoms with van der Waals surface area (Å²) < 4.78 is 0. The molecule has 1 nitrogen and oxygen atoms in total. The third-order valence-electron chi connectivity index (χ3n) is 3.58. The van der Waals surface area contributed by atoms with Gasteiger partial charge in [-0.25, -0.2) is 0 Å². The van der Waals surface area contributed by atoms with Crippen LogP contribution in [0.25, 0.3) is 0 Å². The Morgan fingerprint density at radius 2 is 2.25 bits per heavy atom. The first-order valence-electron chi connectivity index (χ1n) is 5.15. The Labute approximate surface area is 79.5 Å². The van der Waals surface area contributed by atoms with Crippen molar-refractivity contribution in [3.63, 3.8) is 0 Å². The normalized spacial score (nSPS) is 41.2. The van der Waals surface area contributed by atoms with E-state index in [0.717, 1.165) is 17.9 Å². The van der Waals surface area contributed by atoms with Gasteiger partial charge in [-0.2, -0.15) is 11.8 Å². The zero-order valence-electron chi connectivity index (χ0n) is 7.72. The van der Waals surface area contributed by atoms with Crippen molar-refractivity contribution >= 4 is 11.8 Å². The molecule has 0 bridgehead atoms. The molecule has 1 spiro atoms. The molecule has 70 valence electrons. The summed E-state index contributed by atoms with van der Waals surface area (Å²) in [6, 6.07) is 0. The van der Waals surface area contributed by atoms with E-state index >= 15 is 0 Å². The van der Waals surface area contributed by atoms with E-state index in [0.29, 0.717) is 0 Å². The zero-order chi connectivity index (χ0) is 8.44. The molecule has 2 fully saturated rings. The maximum atomic E-state index is 5.59. The number of nitrogens with two attached hydrogens (primary N) is 1. The van der Waals surface area contributed by atoms with Crippen LogP contribution >= 0.6 is 11.8 Å². The summed E-state index contributed by atoms with van der Waals surface area (Å²) in [4.78, 5) is 0. The minimum absolute atomic E-state index is 0.781. The second-order valence-corrected chi connectivity index (χ2v) is 5.53. The van der Waals surface area contributed by atoms with Crippen LogP contribution in [0.1, 0.15) is 32.1 Å². The van der Waals surface area contributed by atoms with Gasteiger partial charge in [0, 0.05) is 0 Å². The molecule has 1 saturated carbocycles. The van der Waals surface area contributed by atoms with Gasteiger partial charge in [-0.1, -0.05) is 0 Å². The van der Waals surface area contributed by atoms with E-state index in [9.17, 15) is 0 Å². The predicted molar refractivity (Wildman–Crippen MR) is 55.4 cm³/mol. The molecule has 2 rings (SSSR count). The van der Waals surface area contributed by atoms with Crippen LogP contribution in [0.15, 0.2) is 0 Å². The third-order valence-corrected chi connectivity index (χ3v) is 4.65. The van der Waals surface area contributed by atoms with Crippen molar-refractivity contribution in [3.05, 3.63) is 0 Å². The lowest BCUT2D eigenvalue weighted by atomic mass is 9.93. The molecular formula is C10H19NS. The van der Waals surface area contributed by atoms with Gasteiger partial charge in [-0.05, 0) is 61.5 Å². The molecule has 0 aromatic rings. The van der Waals surface area contributed by atoms with Crippen LogP contribution in [0.4, 0.5) is 0 Å². The number of thioether (sulfide) groups is 1. The second kappa shape index (κ2) is 3.59. The minimum Gasteiger partial charge on any atom is -0.330 e. The van der Waals surface area contributed by atoms with E-state index in [4.69, 9.17) is 5.73 Å². The largest absolute Gasteiger partial charge is 0.330 e. The molecule has 0 amide bonds.